The molecule has 2 aliphatic rings. The van der Waals surface area contributed by atoms with E-state index in [9.17, 15) is 4.79 Å². The van der Waals surface area contributed by atoms with E-state index in [1.165, 1.54) is 5.56 Å². The van der Waals surface area contributed by atoms with E-state index in [0.717, 1.165) is 44.0 Å². The summed E-state index contributed by atoms with van der Waals surface area (Å²) in [5, 5.41) is 6.91. The van der Waals surface area contributed by atoms with Gasteiger partial charge in [-0.3, -0.25) is 9.69 Å². The molecule has 0 spiro atoms. The van der Waals surface area contributed by atoms with E-state index in [-0.39, 0.29) is 12.0 Å². The van der Waals surface area contributed by atoms with Crippen LogP contribution in [0.2, 0.25) is 0 Å². The Morgan fingerprint density at radius 2 is 1.79 bits per heavy atom. The van der Waals surface area contributed by atoms with Gasteiger partial charge in [-0.1, -0.05) is 47.6 Å². The van der Waals surface area contributed by atoms with Gasteiger partial charge in [0, 0.05) is 44.8 Å². The largest absolute Gasteiger partial charge is 0.387 e. The highest BCUT2D eigenvalue weighted by Gasteiger charge is 2.27. The first kappa shape index (κ1) is 18.7. The number of carbonyl (C=O) groups is 1. The van der Waals surface area contributed by atoms with Crippen LogP contribution in [0.25, 0.3) is 0 Å². The summed E-state index contributed by atoms with van der Waals surface area (Å²) in [5.41, 5.74) is 3.49. The second kappa shape index (κ2) is 8.54. The van der Waals surface area contributed by atoms with Crippen LogP contribution in [0.1, 0.15) is 23.7 Å². The smallest absolute Gasteiger partial charge is 0.273 e. The van der Waals surface area contributed by atoms with Gasteiger partial charge in [-0.25, -0.2) is 0 Å². The van der Waals surface area contributed by atoms with Crippen LogP contribution in [-0.2, 0) is 16.2 Å². The zero-order valence-electron chi connectivity index (χ0n) is 16.2. The predicted molar refractivity (Wildman–Crippen MR) is 110 cm³/mol. The first-order valence-corrected chi connectivity index (χ1v) is 9.76. The molecule has 146 valence electrons. The molecule has 2 aromatic rings. The minimum Gasteiger partial charge on any atom is -0.387 e. The molecule has 1 saturated heterocycles. The number of benzene rings is 2. The normalized spacial score (nSPS) is 20.5. The molecule has 1 atom stereocenters. The van der Waals surface area contributed by atoms with Gasteiger partial charge in [0.15, 0.2) is 6.10 Å². The van der Waals surface area contributed by atoms with Crippen molar-refractivity contribution in [2.24, 2.45) is 5.16 Å². The zero-order valence-corrected chi connectivity index (χ0v) is 16.2. The van der Waals surface area contributed by atoms with Crippen molar-refractivity contribution >= 4 is 17.3 Å². The molecule has 28 heavy (non-hydrogen) atoms. The third-order valence-electron chi connectivity index (χ3n) is 5.32. The van der Waals surface area contributed by atoms with E-state index in [1.54, 1.807) is 0 Å². The number of hydrogen-bond acceptors (Lipinski definition) is 5. The van der Waals surface area contributed by atoms with Gasteiger partial charge < -0.3 is 15.1 Å². The highest BCUT2D eigenvalue weighted by Crippen LogP contribution is 2.27. The number of nitrogens with zero attached hydrogens (tertiary/aromatic N) is 3. The predicted octanol–water partition coefficient (Wildman–Crippen LogP) is 2.89. The number of carbonyl (C=O) groups excluding carboxylic acids is 1. The molecule has 0 saturated carbocycles. The standard InChI is InChI=1S/C22H26N4O2/c1-25-11-13-26(14-12-25)16-17-7-9-19(10-8-17)23-22(27)20-15-21(28-24-20)18-5-3-2-4-6-18/h2-10,21H,11-16H2,1H3,(H,23,27). The van der Waals surface area contributed by atoms with Crippen LogP contribution in [0.4, 0.5) is 5.69 Å². The Bertz CT molecular complexity index is 827. The number of amides is 1. The molecular formula is C22H26N4O2. The van der Waals surface area contributed by atoms with Crippen molar-refractivity contribution in [2.75, 3.05) is 38.5 Å². The van der Waals surface area contributed by atoms with Crippen molar-refractivity contribution in [2.45, 2.75) is 19.1 Å². The molecule has 2 heterocycles. The number of nitrogens with one attached hydrogen (secondary N) is 1. The summed E-state index contributed by atoms with van der Waals surface area (Å²) in [6.07, 6.45) is 0.296. The van der Waals surface area contributed by atoms with Crippen molar-refractivity contribution < 1.29 is 9.63 Å². The van der Waals surface area contributed by atoms with Crippen LogP contribution in [0.15, 0.2) is 59.8 Å². The van der Waals surface area contributed by atoms with Crippen molar-refractivity contribution in [3.63, 3.8) is 0 Å². The van der Waals surface area contributed by atoms with Crippen LogP contribution < -0.4 is 5.32 Å². The number of oxime groups is 1. The minimum absolute atomic E-state index is 0.187. The maximum absolute atomic E-state index is 12.5. The first-order chi connectivity index (χ1) is 13.7. The van der Waals surface area contributed by atoms with Crippen LogP contribution in [0.5, 0.6) is 0 Å². The molecule has 0 bridgehead atoms. The van der Waals surface area contributed by atoms with Gasteiger partial charge in [0.1, 0.15) is 5.71 Å². The summed E-state index contributed by atoms with van der Waals surface area (Å²) in [7, 11) is 2.16. The minimum atomic E-state index is -0.203. The summed E-state index contributed by atoms with van der Waals surface area (Å²) in [6, 6.07) is 17.9. The zero-order chi connectivity index (χ0) is 19.3. The number of rotatable bonds is 5. The topological polar surface area (TPSA) is 57.2 Å². The van der Waals surface area contributed by atoms with E-state index >= 15 is 0 Å². The second-order valence-electron chi connectivity index (χ2n) is 7.48. The number of likely N-dealkylation sites (N-methyl/N-ethyl adjacent to an activating group) is 1. The van der Waals surface area contributed by atoms with E-state index in [2.05, 4.69) is 39.5 Å². The van der Waals surface area contributed by atoms with E-state index in [4.69, 9.17) is 4.84 Å². The molecular weight excluding hydrogens is 352 g/mol. The molecule has 1 fully saturated rings. The highest BCUT2D eigenvalue weighted by molar-refractivity contribution is 6.43. The fourth-order valence-electron chi connectivity index (χ4n) is 3.52. The molecule has 1 amide bonds. The van der Waals surface area contributed by atoms with Gasteiger partial charge in [0.2, 0.25) is 0 Å². The Morgan fingerprint density at radius 1 is 1.07 bits per heavy atom. The lowest BCUT2D eigenvalue weighted by molar-refractivity contribution is -0.110. The Kier molecular flexibility index (Phi) is 5.69. The summed E-state index contributed by atoms with van der Waals surface area (Å²) >= 11 is 0. The molecule has 1 N–H and O–H groups in total. The molecule has 0 aliphatic carbocycles. The molecule has 4 rings (SSSR count). The van der Waals surface area contributed by atoms with Gasteiger partial charge in [-0.15, -0.1) is 0 Å². The van der Waals surface area contributed by atoms with Gasteiger partial charge in [-0.2, -0.15) is 0 Å². The van der Waals surface area contributed by atoms with E-state index < -0.39 is 0 Å². The first-order valence-electron chi connectivity index (χ1n) is 9.76. The molecule has 2 aliphatic heterocycles. The van der Waals surface area contributed by atoms with Crippen LogP contribution in [-0.4, -0.2) is 54.6 Å². The third-order valence-corrected chi connectivity index (χ3v) is 5.32. The number of piperazine rings is 1. The molecule has 0 aromatic heterocycles. The maximum Gasteiger partial charge on any atom is 0.273 e. The van der Waals surface area contributed by atoms with Crippen molar-refractivity contribution in [1.82, 2.24) is 9.80 Å². The number of anilines is 1. The lowest BCUT2D eigenvalue weighted by atomic mass is 10.0. The summed E-state index contributed by atoms with van der Waals surface area (Å²) in [4.78, 5) is 22.7. The maximum atomic E-state index is 12.5. The number of hydrogen-bond donors (Lipinski definition) is 1. The second-order valence-corrected chi connectivity index (χ2v) is 7.48. The Morgan fingerprint density at radius 3 is 2.50 bits per heavy atom. The monoisotopic (exact) mass is 378 g/mol. The fourth-order valence-corrected chi connectivity index (χ4v) is 3.52. The molecule has 2 aromatic carbocycles. The Balaban J connectivity index is 1.29. The van der Waals surface area contributed by atoms with Crippen LogP contribution in [0, 0.1) is 0 Å². The lowest BCUT2D eigenvalue weighted by Gasteiger charge is -2.32. The quantitative estimate of drug-likeness (QED) is 0.869. The average Bonchev–Trinajstić information content (AvgIpc) is 3.22. The summed E-state index contributed by atoms with van der Waals surface area (Å²) < 4.78 is 0. The van der Waals surface area contributed by atoms with E-state index in [1.807, 2.05) is 42.5 Å². The molecule has 6 nitrogen and oxygen atoms in total. The Labute approximate surface area is 165 Å². The fraction of sp³-hybridized carbons (Fsp3) is 0.364. The van der Waals surface area contributed by atoms with Gasteiger partial charge in [-0.05, 0) is 30.3 Å². The van der Waals surface area contributed by atoms with Crippen LogP contribution >= 0.6 is 0 Å². The van der Waals surface area contributed by atoms with Crippen molar-refractivity contribution in [3.8, 4) is 0 Å². The third kappa shape index (κ3) is 4.58. The Hall–Kier alpha value is -2.70. The average molecular weight is 378 g/mol. The summed E-state index contributed by atoms with van der Waals surface area (Å²) in [6.45, 7) is 5.36. The molecule has 6 heteroatoms. The van der Waals surface area contributed by atoms with Crippen molar-refractivity contribution in [1.29, 1.82) is 0 Å². The van der Waals surface area contributed by atoms with Crippen molar-refractivity contribution in [3.05, 3.63) is 65.7 Å². The SMILES string of the molecule is CN1CCN(Cc2ccc(NC(=O)C3=NOC(c4ccccc4)C3)cc2)CC1. The highest BCUT2D eigenvalue weighted by atomic mass is 16.6. The molecule has 0 radical (unpaired) electrons. The van der Waals surface area contributed by atoms with E-state index in [0.29, 0.717) is 12.1 Å². The molecule has 1 unspecified atom stereocenters. The van der Waals surface area contributed by atoms with Gasteiger partial charge >= 0.3 is 0 Å². The van der Waals surface area contributed by atoms with Gasteiger partial charge in [0.25, 0.3) is 5.91 Å². The van der Waals surface area contributed by atoms with Gasteiger partial charge in [0.05, 0.1) is 0 Å². The lowest BCUT2D eigenvalue weighted by Crippen LogP contribution is -2.43. The van der Waals surface area contributed by atoms with Crippen LogP contribution in [0.3, 0.4) is 0 Å². The summed E-state index contributed by atoms with van der Waals surface area (Å²) in [5.74, 6) is -0.203.